The predicted molar refractivity (Wildman–Crippen MR) is 90.6 cm³/mol. The first kappa shape index (κ1) is 16.1. The number of thioether (sulfide) groups is 1. The highest BCUT2D eigenvalue weighted by atomic mass is 32.2. The fourth-order valence-corrected chi connectivity index (χ4v) is 2.59. The van der Waals surface area contributed by atoms with Crippen molar-refractivity contribution in [2.45, 2.75) is 30.7 Å². The lowest BCUT2D eigenvalue weighted by Gasteiger charge is -2.12. The molecule has 1 heterocycles. The summed E-state index contributed by atoms with van der Waals surface area (Å²) in [6.45, 7) is 3.87. The number of nitrogens with zero attached hydrogens (tertiary/aromatic N) is 2. The number of carbonyl (C=O) groups is 1. The van der Waals surface area contributed by atoms with E-state index in [0.717, 1.165) is 12.1 Å². The van der Waals surface area contributed by atoms with Crippen LogP contribution in [0.1, 0.15) is 19.4 Å². The van der Waals surface area contributed by atoms with E-state index in [9.17, 15) is 4.79 Å². The molecule has 0 bridgehead atoms. The molecule has 0 saturated carbocycles. The Morgan fingerprint density at radius 3 is 2.36 bits per heavy atom. The van der Waals surface area contributed by atoms with E-state index in [1.54, 1.807) is 6.92 Å². The van der Waals surface area contributed by atoms with Crippen LogP contribution in [0.15, 0.2) is 35.5 Å². The van der Waals surface area contributed by atoms with Gasteiger partial charge in [-0.15, -0.1) is 0 Å². The van der Waals surface area contributed by atoms with Crippen molar-refractivity contribution in [1.29, 1.82) is 0 Å². The molecule has 0 radical (unpaired) electrons. The minimum absolute atomic E-state index is 0.126. The van der Waals surface area contributed by atoms with E-state index in [1.165, 1.54) is 23.4 Å². The van der Waals surface area contributed by atoms with Gasteiger partial charge in [-0.1, -0.05) is 30.8 Å². The van der Waals surface area contributed by atoms with Gasteiger partial charge in [0.05, 0.1) is 5.25 Å². The standard InChI is InChI=1S/C15H19N5OS/c1-3-10-4-6-11(7-5-10)18-14(21)9(2)22-15-19-12(16)8-13(17)20-15/h4-9H,3H2,1-2H3,(H,18,21)(H4,16,17,19,20). The number of hydrogen-bond acceptors (Lipinski definition) is 6. The van der Waals surface area contributed by atoms with Crippen molar-refractivity contribution < 1.29 is 4.79 Å². The third-order valence-corrected chi connectivity index (χ3v) is 3.99. The summed E-state index contributed by atoms with van der Waals surface area (Å²) in [5.41, 5.74) is 13.2. The maximum atomic E-state index is 12.2. The summed E-state index contributed by atoms with van der Waals surface area (Å²) in [7, 11) is 0. The molecule has 1 atom stereocenters. The van der Waals surface area contributed by atoms with E-state index in [-0.39, 0.29) is 22.8 Å². The largest absolute Gasteiger partial charge is 0.383 e. The van der Waals surface area contributed by atoms with Crippen molar-refractivity contribution in [3.05, 3.63) is 35.9 Å². The van der Waals surface area contributed by atoms with Gasteiger partial charge in [-0.3, -0.25) is 4.79 Å². The Kier molecular flexibility index (Phi) is 5.21. The van der Waals surface area contributed by atoms with Crippen LogP contribution in [0.4, 0.5) is 17.3 Å². The molecule has 116 valence electrons. The van der Waals surface area contributed by atoms with Crippen LogP contribution >= 0.6 is 11.8 Å². The second-order valence-electron chi connectivity index (χ2n) is 4.80. The number of aryl methyl sites for hydroxylation is 1. The molecule has 22 heavy (non-hydrogen) atoms. The number of nitrogen functional groups attached to an aromatic ring is 2. The molecule has 0 fully saturated rings. The molecular formula is C15H19N5OS. The number of carbonyl (C=O) groups excluding carboxylic acids is 1. The van der Waals surface area contributed by atoms with Gasteiger partial charge < -0.3 is 16.8 Å². The molecule has 1 aromatic heterocycles. The average Bonchev–Trinajstić information content (AvgIpc) is 2.46. The Morgan fingerprint density at radius 2 is 1.82 bits per heavy atom. The first-order valence-corrected chi connectivity index (χ1v) is 7.82. The third-order valence-electron chi connectivity index (χ3n) is 3.03. The second kappa shape index (κ2) is 7.13. The number of rotatable bonds is 5. The fraction of sp³-hybridized carbons (Fsp3) is 0.267. The zero-order chi connectivity index (χ0) is 16.1. The maximum absolute atomic E-state index is 12.2. The van der Waals surface area contributed by atoms with Crippen molar-refractivity contribution in [3.8, 4) is 0 Å². The number of nitrogens with two attached hydrogens (primary N) is 2. The van der Waals surface area contributed by atoms with Crippen LogP contribution in [-0.2, 0) is 11.2 Å². The Bertz CT molecular complexity index is 639. The molecule has 1 aromatic carbocycles. The predicted octanol–water partition coefficient (Wildman–Crippen LogP) is 2.32. The highest BCUT2D eigenvalue weighted by Crippen LogP contribution is 2.22. The lowest BCUT2D eigenvalue weighted by molar-refractivity contribution is -0.115. The van der Waals surface area contributed by atoms with Crippen LogP contribution in [-0.4, -0.2) is 21.1 Å². The molecule has 1 unspecified atom stereocenters. The van der Waals surface area contributed by atoms with E-state index < -0.39 is 0 Å². The van der Waals surface area contributed by atoms with Gasteiger partial charge in [-0.05, 0) is 31.0 Å². The lowest BCUT2D eigenvalue weighted by atomic mass is 10.1. The van der Waals surface area contributed by atoms with Crippen LogP contribution < -0.4 is 16.8 Å². The monoisotopic (exact) mass is 317 g/mol. The molecule has 0 spiro atoms. The SMILES string of the molecule is CCc1ccc(NC(=O)C(C)Sc2nc(N)cc(N)n2)cc1. The smallest absolute Gasteiger partial charge is 0.237 e. The molecular weight excluding hydrogens is 298 g/mol. The van der Waals surface area contributed by atoms with Gasteiger partial charge >= 0.3 is 0 Å². The van der Waals surface area contributed by atoms with Crippen molar-refractivity contribution in [2.24, 2.45) is 0 Å². The number of aromatic nitrogens is 2. The molecule has 2 aromatic rings. The van der Waals surface area contributed by atoms with Gasteiger partial charge in [-0.25, -0.2) is 9.97 Å². The molecule has 5 N–H and O–H groups in total. The van der Waals surface area contributed by atoms with Gasteiger partial charge in [0.15, 0.2) is 5.16 Å². The lowest BCUT2D eigenvalue weighted by Crippen LogP contribution is -2.22. The highest BCUT2D eigenvalue weighted by molar-refractivity contribution is 8.00. The quantitative estimate of drug-likeness (QED) is 0.577. The van der Waals surface area contributed by atoms with Crippen molar-refractivity contribution in [2.75, 3.05) is 16.8 Å². The van der Waals surface area contributed by atoms with Crippen LogP contribution in [0, 0.1) is 0 Å². The minimum atomic E-state index is -0.368. The Morgan fingerprint density at radius 1 is 1.23 bits per heavy atom. The van der Waals surface area contributed by atoms with Gasteiger partial charge in [0.2, 0.25) is 5.91 Å². The van der Waals surface area contributed by atoms with E-state index in [0.29, 0.717) is 5.16 Å². The van der Waals surface area contributed by atoms with Crippen molar-refractivity contribution in [1.82, 2.24) is 9.97 Å². The molecule has 6 nitrogen and oxygen atoms in total. The molecule has 0 aliphatic carbocycles. The summed E-state index contributed by atoms with van der Waals surface area (Å²) in [4.78, 5) is 20.3. The second-order valence-corrected chi connectivity index (χ2v) is 6.11. The van der Waals surface area contributed by atoms with Crippen molar-refractivity contribution >= 4 is 35.0 Å². The normalized spacial score (nSPS) is 11.9. The van der Waals surface area contributed by atoms with Gasteiger partial charge in [0.1, 0.15) is 11.6 Å². The molecule has 0 aliphatic heterocycles. The topological polar surface area (TPSA) is 107 Å². The number of nitrogens with one attached hydrogen (secondary N) is 1. The van der Waals surface area contributed by atoms with Gasteiger partial charge in [0, 0.05) is 11.8 Å². The number of amides is 1. The molecule has 7 heteroatoms. The molecule has 1 amide bonds. The van der Waals surface area contributed by atoms with E-state index in [1.807, 2.05) is 24.3 Å². The van der Waals surface area contributed by atoms with Crippen LogP contribution in [0.25, 0.3) is 0 Å². The van der Waals surface area contributed by atoms with Crippen LogP contribution in [0.5, 0.6) is 0 Å². The van der Waals surface area contributed by atoms with E-state index in [2.05, 4.69) is 22.2 Å². The number of benzene rings is 1. The number of hydrogen-bond donors (Lipinski definition) is 3. The summed E-state index contributed by atoms with van der Waals surface area (Å²) in [5, 5.41) is 2.89. The summed E-state index contributed by atoms with van der Waals surface area (Å²) < 4.78 is 0. The zero-order valence-electron chi connectivity index (χ0n) is 12.5. The van der Waals surface area contributed by atoms with E-state index >= 15 is 0 Å². The Labute approximate surface area is 133 Å². The molecule has 2 rings (SSSR count). The fourth-order valence-electron chi connectivity index (χ4n) is 1.79. The summed E-state index contributed by atoms with van der Waals surface area (Å²) in [6, 6.07) is 9.25. The molecule has 0 saturated heterocycles. The maximum Gasteiger partial charge on any atom is 0.237 e. The summed E-state index contributed by atoms with van der Waals surface area (Å²) in [6.07, 6.45) is 0.967. The summed E-state index contributed by atoms with van der Waals surface area (Å²) in [5.74, 6) is 0.453. The first-order chi connectivity index (χ1) is 10.5. The molecule has 0 aliphatic rings. The van der Waals surface area contributed by atoms with Gasteiger partial charge in [0.25, 0.3) is 0 Å². The Balaban J connectivity index is 1.99. The highest BCUT2D eigenvalue weighted by Gasteiger charge is 2.16. The summed E-state index contributed by atoms with van der Waals surface area (Å²) >= 11 is 1.21. The van der Waals surface area contributed by atoms with E-state index in [4.69, 9.17) is 11.5 Å². The Hall–Kier alpha value is -2.28. The zero-order valence-corrected chi connectivity index (χ0v) is 13.4. The first-order valence-electron chi connectivity index (χ1n) is 6.94. The van der Waals surface area contributed by atoms with Crippen molar-refractivity contribution in [3.63, 3.8) is 0 Å². The van der Waals surface area contributed by atoms with Crippen LogP contribution in [0.3, 0.4) is 0 Å². The van der Waals surface area contributed by atoms with Gasteiger partial charge in [-0.2, -0.15) is 0 Å². The third kappa shape index (κ3) is 4.36. The average molecular weight is 317 g/mol. The van der Waals surface area contributed by atoms with Crippen LogP contribution in [0.2, 0.25) is 0 Å². The number of anilines is 3. The minimum Gasteiger partial charge on any atom is -0.383 e.